The van der Waals surface area contributed by atoms with Crippen LogP contribution in [0.15, 0.2) is 0 Å². The third kappa shape index (κ3) is 9.43. The van der Waals surface area contributed by atoms with Crippen LogP contribution in [0.4, 0.5) is 0 Å². The van der Waals surface area contributed by atoms with Crippen molar-refractivity contribution in [2.75, 3.05) is 0 Å². The SMILES string of the molecule is [AlH3].[H-].[Li+].[O]=[Ti]. The van der Waals surface area contributed by atoms with Crippen LogP contribution in [0.2, 0.25) is 0 Å². The summed E-state index contributed by atoms with van der Waals surface area (Å²) in [6.07, 6.45) is 0. The van der Waals surface area contributed by atoms with Crippen molar-refractivity contribution in [2.24, 2.45) is 0 Å². The molecule has 0 N–H and O–H groups in total. The molecule has 0 aliphatic rings. The fraction of sp³-hybridized carbons (Fsp3) is 0. The Hall–Kier alpha value is 1.64. The molecule has 0 fully saturated rings. The Morgan fingerprint density at radius 2 is 1.50 bits per heavy atom. The van der Waals surface area contributed by atoms with Crippen LogP contribution >= 0.6 is 0 Å². The van der Waals surface area contributed by atoms with Crippen LogP contribution in [0.1, 0.15) is 1.43 Å². The standard InChI is InChI=1S/Al.Li.O.Ti.4H/q;+1;;;;;;-1. The van der Waals surface area contributed by atoms with E-state index in [1.54, 1.807) is 0 Å². The average molecular weight is 102 g/mol. The van der Waals surface area contributed by atoms with Crippen LogP contribution in [0, 0.1) is 0 Å². The molecule has 0 aromatic heterocycles. The van der Waals surface area contributed by atoms with E-state index in [1.165, 1.54) is 0 Å². The van der Waals surface area contributed by atoms with E-state index in [4.69, 9.17) is 3.32 Å². The predicted molar refractivity (Wildman–Crippen MR) is 11.7 cm³/mol. The van der Waals surface area contributed by atoms with Crippen LogP contribution < -0.4 is 18.9 Å². The molecule has 4 heteroatoms. The summed E-state index contributed by atoms with van der Waals surface area (Å²) in [4.78, 5) is 0. The molecule has 0 radical (unpaired) electrons. The molecule has 0 aromatic carbocycles. The van der Waals surface area contributed by atoms with Crippen LogP contribution in [0.25, 0.3) is 0 Å². The Bertz CT molecular complexity index is 11.6. The van der Waals surface area contributed by atoms with Crippen molar-refractivity contribution in [1.82, 2.24) is 0 Å². The maximum atomic E-state index is 8.25. The van der Waals surface area contributed by atoms with Crippen molar-refractivity contribution in [3.8, 4) is 0 Å². The Morgan fingerprint density at radius 1 is 1.50 bits per heavy atom. The molecule has 0 atom stereocenters. The summed E-state index contributed by atoms with van der Waals surface area (Å²) in [6.45, 7) is 0. The normalized spacial score (nSPS) is 0.750. The molecular weight excluding hydrogens is 97.8 g/mol. The van der Waals surface area contributed by atoms with Gasteiger partial charge in [0.1, 0.15) is 0 Å². The molecule has 0 saturated carbocycles. The molecular formula is H4AlLiOTi. The minimum absolute atomic E-state index is 0. The number of rotatable bonds is 0. The Kier molecular flexibility index (Phi) is 99.3. The summed E-state index contributed by atoms with van der Waals surface area (Å²) in [5, 5.41) is 0. The Labute approximate surface area is 61.0 Å². The van der Waals surface area contributed by atoms with E-state index >= 15 is 0 Å². The molecule has 0 unspecified atom stereocenters. The zero-order valence-corrected chi connectivity index (χ0v) is 3.47. The predicted octanol–water partition coefficient (Wildman–Crippen LogP) is -4.19. The summed E-state index contributed by atoms with van der Waals surface area (Å²) in [7, 11) is 0. The van der Waals surface area contributed by atoms with Crippen molar-refractivity contribution in [3.05, 3.63) is 0 Å². The third-order valence-electron chi connectivity index (χ3n) is 0. The fourth-order valence-corrected chi connectivity index (χ4v) is 0. The van der Waals surface area contributed by atoms with Gasteiger partial charge in [0.05, 0.1) is 0 Å². The number of hydrogen-bond acceptors (Lipinski definition) is 1. The van der Waals surface area contributed by atoms with E-state index < -0.39 is 0 Å². The first-order chi connectivity index (χ1) is 1.00. The topological polar surface area (TPSA) is 17.1 Å². The monoisotopic (exact) mass is 102 g/mol. The quantitative estimate of drug-likeness (QED) is 0.283. The van der Waals surface area contributed by atoms with Gasteiger partial charge in [0, 0.05) is 0 Å². The van der Waals surface area contributed by atoms with E-state index in [9.17, 15) is 0 Å². The van der Waals surface area contributed by atoms with Gasteiger partial charge in [-0.2, -0.15) is 0 Å². The summed E-state index contributed by atoms with van der Waals surface area (Å²) >= 11 is 0.750. The van der Waals surface area contributed by atoms with Crippen molar-refractivity contribution in [3.63, 3.8) is 0 Å². The first kappa shape index (κ1) is 17.4. The van der Waals surface area contributed by atoms with Crippen LogP contribution in [0.5, 0.6) is 0 Å². The van der Waals surface area contributed by atoms with Crippen molar-refractivity contribution >= 4 is 17.4 Å². The molecule has 1 nitrogen and oxygen atoms in total. The van der Waals surface area contributed by atoms with Gasteiger partial charge in [-0.1, -0.05) is 0 Å². The van der Waals surface area contributed by atoms with Crippen molar-refractivity contribution in [1.29, 1.82) is 0 Å². The molecule has 0 bridgehead atoms. The second kappa shape index (κ2) is 22.8. The van der Waals surface area contributed by atoms with Gasteiger partial charge in [-0.25, -0.2) is 0 Å². The summed E-state index contributed by atoms with van der Waals surface area (Å²) in [6, 6.07) is 0. The maximum absolute atomic E-state index is 8.25. The molecule has 0 aliphatic heterocycles. The van der Waals surface area contributed by atoms with Crippen LogP contribution in [-0.4, -0.2) is 17.4 Å². The molecule has 0 aromatic rings. The summed E-state index contributed by atoms with van der Waals surface area (Å²) < 4.78 is 8.25. The zero-order chi connectivity index (χ0) is 2.00. The van der Waals surface area contributed by atoms with E-state index in [-0.39, 0.29) is 37.6 Å². The van der Waals surface area contributed by atoms with Crippen LogP contribution in [-0.2, 0) is 23.7 Å². The second-order valence-corrected chi connectivity index (χ2v) is 0. The van der Waals surface area contributed by atoms with Gasteiger partial charge in [-0.05, 0) is 0 Å². The second-order valence-electron chi connectivity index (χ2n) is 0. The Balaban J connectivity index is -0.00000000167. The zero-order valence-electron chi connectivity index (χ0n) is 2.91. The van der Waals surface area contributed by atoms with Gasteiger partial charge in [0.15, 0.2) is 17.4 Å². The summed E-state index contributed by atoms with van der Waals surface area (Å²) in [5.74, 6) is 0. The van der Waals surface area contributed by atoms with Gasteiger partial charge in [0.25, 0.3) is 0 Å². The van der Waals surface area contributed by atoms with Gasteiger partial charge < -0.3 is 1.43 Å². The molecule has 0 aliphatic carbocycles. The van der Waals surface area contributed by atoms with Gasteiger partial charge >= 0.3 is 42.6 Å². The fourth-order valence-electron chi connectivity index (χ4n) is 0. The van der Waals surface area contributed by atoms with E-state index in [0.717, 1.165) is 20.4 Å². The van der Waals surface area contributed by atoms with E-state index in [2.05, 4.69) is 0 Å². The minimum atomic E-state index is 0. The Morgan fingerprint density at radius 3 is 1.50 bits per heavy atom. The van der Waals surface area contributed by atoms with Crippen molar-refractivity contribution in [2.45, 2.75) is 0 Å². The van der Waals surface area contributed by atoms with Crippen LogP contribution in [0.3, 0.4) is 0 Å². The molecule has 18 valence electrons. The molecule has 4 heavy (non-hydrogen) atoms. The molecule has 0 heterocycles. The first-order valence-corrected chi connectivity index (χ1v) is 0.842. The van der Waals surface area contributed by atoms with Gasteiger partial charge in [-0.3, -0.25) is 0 Å². The third-order valence-corrected chi connectivity index (χ3v) is 0. The van der Waals surface area contributed by atoms with Crippen molar-refractivity contribution < 1.29 is 44.0 Å². The van der Waals surface area contributed by atoms with E-state index in [0.29, 0.717) is 0 Å². The first-order valence-electron chi connectivity index (χ1n) is 0.204. The molecule has 0 rings (SSSR count). The van der Waals surface area contributed by atoms with Gasteiger partial charge in [-0.15, -0.1) is 0 Å². The number of hydrogen-bond donors (Lipinski definition) is 0. The molecule has 0 amide bonds. The molecule has 0 saturated heterocycles. The van der Waals surface area contributed by atoms with Gasteiger partial charge in [0.2, 0.25) is 0 Å². The average Bonchev–Trinajstić information content (AvgIpc) is 1.00. The molecule has 0 spiro atoms. The van der Waals surface area contributed by atoms with E-state index in [1.807, 2.05) is 0 Å². The summed E-state index contributed by atoms with van der Waals surface area (Å²) in [5.41, 5.74) is 0.